The molecule has 3 fully saturated rings. The number of aromatic nitrogens is 3. The average molecular weight is 529 g/mol. The van der Waals surface area contributed by atoms with E-state index in [9.17, 15) is 19.1 Å². The number of halogens is 2. The predicted octanol–water partition coefficient (Wildman–Crippen LogP) is 4.73. The summed E-state index contributed by atoms with van der Waals surface area (Å²) in [6, 6.07) is 9.67. The second-order valence-electron chi connectivity index (χ2n) is 10.7. The van der Waals surface area contributed by atoms with Crippen LogP contribution in [0.1, 0.15) is 31.2 Å². The fourth-order valence-corrected chi connectivity index (χ4v) is 6.36. The summed E-state index contributed by atoms with van der Waals surface area (Å²) in [5.74, 6) is 0.0278. The molecule has 10 heteroatoms. The summed E-state index contributed by atoms with van der Waals surface area (Å²) < 4.78 is 34.9. The number of hydrogen-bond donors (Lipinski definition) is 1. The van der Waals surface area contributed by atoms with Crippen LogP contribution >= 0.6 is 0 Å². The number of pyridine rings is 1. The van der Waals surface area contributed by atoms with Crippen LogP contribution in [-0.2, 0) is 0 Å². The SMILES string of the molecule is N#Cc1c(F)ccc2cc(O)cc(-c3cc4nc(OC[C@@]56CCCN5C[C@H](F)C6)ncc4c(N4CCC4)n3)c12. The number of ether oxygens (including phenoxy) is 1. The van der Waals surface area contributed by atoms with Gasteiger partial charge in [-0.2, -0.15) is 10.2 Å². The molecule has 7 rings (SSSR count). The topological polar surface area (TPSA) is 98.4 Å². The molecule has 0 aliphatic carbocycles. The Kier molecular flexibility index (Phi) is 5.52. The Labute approximate surface area is 223 Å². The third kappa shape index (κ3) is 3.91. The zero-order valence-corrected chi connectivity index (χ0v) is 21.2. The summed E-state index contributed by atoms with van der Waals surface area (Å²) >= 11 is 0. The number of phenolic OH excluding ortho intramolecular Hbond substituents is 1. The van der Waals surface area contributed by atoms with Crippen molar-refractivity contribution in [2.75, 3.05) is 37.7 Å². The molecule has 8 nitrogen and oxygen atoms in total. The van der Waals surface area contributed by atoms with Crippen molar-refractivity contribution in [3.05, 3.63) is 47.9 Å². The molecule has 0 unspecified atom stereocenters. The minimum absolute atomic E-state index is 0.0183. The van der Waals surface area contributed by atoms with Gasteiger partial charge in [0, 0.05) is 43.2 Å². The van der Waals surface area contributed by atoms with Gasteiger partial charge >= 0.3 is 6.01 Å². The normalized spacial score (nSPS) is 22.7. The van der Waals surface area contributed by atoms with Crippen LogP contribution in [0.15, 0.2) is 36.5 Å². The van der Waals surface area contributed by atoms with Crippen molar-refractivity contribution in [3.8, 4) is 29.1 Å². The number of nitrogens with zero attached hydrogens (tertiary/aromatic N) is 6. The molecule has 2 atom stereocenters. The molecule has 1 N–H and O–H groups in total. The Morgan fingerprint density at radius 2 is 2.03 bits per heavy atom. The lowest BCUT2D eigenvalue weighted by atomic mass is 9.95. The van der Waals surface area contributed by atoms with Gasteiger partial charge in [-0.1, -0.05) is 6.07 Å². The molecule has 0 bridgehead atoms. The Morgan fingerprint density at radius 3 is 2.82 bits per heavy atom. The Morgan fingerprint density at radius 1 is 1.15 bits per heavy atom. The third-order valence-electron chi connectivity index (χ3n) is 8.36. The first kappa shape index (κ1) is 24.0. The Hall–Kier alpha value is -4.10. The summed E-state index contributed by atoms with van der Waals surface area (Å²) in [6.45, 7) is 3.29. The van der Waals surface area contributed by atoms with Crippen molar-refractivity contribution in [2.45, 2.75) is 37.4 Å². The minimum Gasteiger partial charge on any atom is -0.508 e. The summed E-state index contributed by atoms with van der Waals surface area (Å²) in [5.41, 5.74) is 1.04. The second kappa shape index (κ2) is 8.99. The van der Waals surface area contributed by atoms with Crippen LogP contribution in [0.2, 0.25) is 0 Å². The largest absolute Gasteiger partial charge is 0.508 e. The van der Waals surface area contributed by atoms with E-state index < -0.39 is 12.0 Å². The van der Waals surface area contributed by atoms with E-state index in [-0.39, 0.29) is 22.9 Å². The van der Waals surface area contributed by atoms with E-state index in [1.54, 1.807) is 12.3 Å². The number of anilines is 1. The average Bonchev–Trinajstić information content (AvgIpc) is 3.41. The van der Waals surface area contributed by atoms with Crippen molar-refractivity contribution in [2.24, 2.45) is 0 Å². The van der Waals surface area contributed by atoms with Crippen molar-refractivity contribution >= 4 is 27.5 Å². The lowest BCUT2D eigenvalue weighted by Gasteiger charge is -2.33. The van der Waals surface area contributed by atoms with Crippen LogP contribution in [0.3, 0.4) is 0 Å². The van der Waals surface area contributed by atoms with E-state index in [1.807, 2.05) is 6.07 Å². The first-order chi connectivity index (χ1) is 18.9. The molecular weight excluding hydrogens is 502 g/mol. The van der Waals surface area contributed by atoms with Crippen LogP contribution in [0.5, 0.6) is 11.8 Å². The number of phenols is 1. The molecule has 0 saturated carbocycles. The number of aromatic hydroxyl groups is 1. The van der Waals surface area contributed by atoms with Gasteiger partial charge in [-0.15, -0.1) is 0 Å². The highest BCUT2D eigenvalue weighted by molar-refractivity contribution is 6.03. The lowest BCUT2D eigenvalue weighted by Crippen LogP contribution is -2.43. The minimum atomic E-state index is -0.848. The maximum atomic E-state index is 14.6. The number of fused-ring (bicyclic) bond motifs is 3. The molecule has 3 saturated heterocycles. The monoisotopic (exact) mass is 528 g/mol. The summed E-state index contributed by atoms with van der Waals surface area (Å²) in [7, 11) is 0. The van der Waals surface area contributed by atoms with Gasteiger partial charge in [-0.25, -0.2) is 18.7 Å². The zero-order chi connectivity index (χ0) is 26.7. The molecule has 4 aromatic rings. The third-order valence-corrected chi connectivity index (χ3v) is 8.36. The molecule has 2 aromatic carbocycles. The first-order valence-electron chi connectivity index (χ1n) is 13.2. The van der Waals surface area contributed by atoms with Gasteiger partial charge in [0.05, 0.1) is 27.7 Å². The molecule has 0 radical (unpaired) electrons. The fraction of sp³-hybridized carbons (Fsp3) is 0.379. The van der Waals surface area contributed by atoms with Gasteiger partial charge in [0.1, 0.15) is 36.2 Å². The van der Waals surface area contributed by atoms with Crippen LogP contribution in [-0.4, -0.2) is 69.5 Å². The molecule has 3 aliphatic heterocycles. The molecule has 39 heavy (non-hydrogen) atoms. The van der Waals surface area contributed by atoms with E-state index in [4.69, 9.17) is 14.7 Å². The van der Waals surface area contributed by atoms with Crippen molar-refractivity contribution < 1.29 is 18.6 Å². The second-order valence-corrected chi connectivity index (χ2v) is 10.7. The molecule has 5 heterocycles. The van der Waals surface area contributed by atoms with Crippen LogP contribution in [0.4, 0.5) is 14.6 Å². The number of hydrogen-bond acceptors (Lipinski definition) is 8. The van der Waals surface area contributed by atoms with Gasteiger partial charge in [-0.05, 0) is 55.5 Å². The van der Waals surface area contributed by atoms with E-state index in [1.165, 1.54) is 24.3 Å². The van der Waals surface area contributed by atoms with Gasteiger partial charge in [0.15, 0.2) is 0 Å². The first-order valence-corrected chi connectivity index (χ1v) is 13.2. The van der Waals surface area contributed by atoms with Gasteiger partial charge in [0.25, 0.3) is 0 Å². The molecule has 2 aromatic heterocycles. The van der Waals surface area contributed by atoms with Gasteiger partial charge in [-0.3, -0.25) is 4.90 Å². The van der Waals surface area contributed by atoms with Crippen molar-refractivity contribution in [1.29, 1.82) is 5.26 Å². The van der Waals surface area contributed by atoms with Crippen LogP contribution < -0.4 is 9.64 Å². The lowest BCUT2D eigenvalue weighted by molar-refractivity contribution is 0.107. The predicted molar refractivity (Wildman–Crippen MR) is 142 cm³/mol. The maximum Gasteiger partial charge on any atom is 0.316 e. The molecule has 0 spiro atoms. The standard InChI is InChI=1S/C29H26F2N6O2/c30-18-12-29(5-1-8-37(29)15-18)16-39-28-33-14-22-25(35-28)11-24(34-27(22)36-6-2-7-36)20-10-19(38)9-17-3-4-23(31)21(13-32)26(17)20/h3-4,9-11,14,18,38H,1-2,5-8,12,15-16H2/t18-,29+/m1/s1. The maximum absolute atomic E-state index is 14.6. The Balaban J connectivity index is 1.34. The number of benzene rings is 2. The molecule has 0 amide bonds. The number of nitriles is 1. The highest BCUT2D eigenvalue weighted by atomic mass is 19.1. The fourth-order valence-electron chi connectivity index (χ4n) is 6.36. The van der Waals surface area contributed by atoms with Gasteiger partial charge in [0.2, 0.25) is 0 Å². The molecule has 3 aliphatic rings. The molecular formula is C29H26F2N6O2. The highest BCUT2D eigenvalue weighted by Gasteiger charge is 2.49. The summed E-state index contributed by atoms with van der Waals surface area (Å²) in [4.78, 5) is 18.3. The summed E-state index contributed by atoms with van der Waals surface area (Å²) in [5, 5.41) is 21.9. The molecule has 198 valence electrons. The number of rotatable bonds is 5. The highest BCUT2D eigenvalue weighted by Crippen LogP contribution is 2.41. The van der Waals surface area contributed by atoms with E-state index in [2.05, 4.69) is 14.8 Å². The van der Waals surface area contributed by atoms with Crippen molar-refractivity contribution in [3.63, 3.8) is 0 Å². The van der Waals surface area contributed by atoms with E-state index >= 15 is 0 Å². The van der Waals surface area contributed by atoms with E-state index in [0.717, 1.165) is 44.3 Å². The van der Waals surface area contributed by atoms with E-state index in [0.29, 0.717) is 52.9 Å². The van der Waals surface area contributed by atoms with Crippen LogP contribution in [0.25, 0.3) is 32.9 Å². The van der Waals surface area contributed by atoms with Gasteiger partial charge < -0.3 is 14.7 Å². The zero-order valence-electron chi connectivity index (χ0n) is 21.2. The van der Waals surface area contributed by atoms with Crippen molar-refractivity contribution in [1.82, 2.24) is 19.9 Å². The van der Waals surface area contributed by atoms with Crippen LogP contribution in [0, 0.1) is 17.1 Å². The quantitative estimate of drug-likeness (QED) is 0.397. The summed E-state index contributed by atoms with van der Waals surface area (Å²) in [6.07, 6.45) is 4.24. The number of alkyl halides is 1. The Bertz CT molecular complexity index is 1670. The smallest absolute Gasteiger partial charge is 0.316 e.